The molecule has 0 saturated heterocycles. The zero-order valence-corrected chi connectivity index (χ0v) is 17.3. The molecule has 1 atom stereocenters. The maximum absolute atomic E-state index is 11.4. The van der Waals surface area contributed by atoms with Crippen LogP contribution in [0, 0.1) is 5.41 Å². The van der Waals surface area contributed by atoms with E-state index in [1.807, 2.05) is 10.7 Å². The Balaban J connectivity index is 0.000000706. The average Bonchev–Trinajstić information content (AvgIpc) is 3.18. The molecule has 1 amide bonds. The van der Waals surface area contributed by atoms with Crippen molar-refractivity contribution in [3.05, 3.63) is 56.4 Å². The Morgan fingerprint density at radius 2 is 1.96 bits per heavy atom. The third kappa shape index (κ3) is 3.72. The molecule has 3 aromatic rings. The lowest BCUT2D eigenvalue weighted by molar-refractivity contribution is -0.123. The van der Waals surface area contributed by atoms with Crippen LogP contribution in [0.3, 0.4) is 0 Å². The molecule has 1 aliphatic carbocycles. The van der Waals surface area contributed by atoms with Gasteiger partial charge in [-0.25, -0.2) is 9.67 Å². The van der Waals surface area contributed by atoms with Crippen LogP contribution in [-0.2, 0) is 28.0 Å². The maximum atomic E-state index is 11.4. The summed E-state index contributed by atoms with van der Waals surface area (Å²) in [5.74, 6) is 1.06. The molecular weight excluding hydrogens is 396 g/mol. The number of nitrogens with two attached hydrogens (primary N) is 1. The van der Waals surface area contributed by atoms with Gasteiger partial charge in [0.15, 0.2) is 5.82 Å². The highest BCUT2D eigenvalue weighted by Crippen LogP contribution is 2.68. The zero-order valence-electron chi connectivity index (χ0n) is 15.7. The van der Waals surface area contributed by atoms with Crippen molar-refractivity contribution in [2.24, 2.45) is 11.1 Å². The number of primary amides is 1. The molecule has 9 heteroatoms. The monoisotopic (exact) mass is 418 g/mol. The zero-order chi connectivity index (χ0) is 20.4. The van der Waals surface area contributed by atoms with Crippen molar-refractivity contribution in [2.75, 3.05) is 0 Å². The summed E-state index contributed by atoms with van der Waals surface area (Å²) >= 11 is 3.46. The second-order valence-electron chi connectivity index (χ2n) is 7.28. The SMILES string of the molecule is CC1(C)CC1(c1cccs1)c1nc(CC(N)=O)nn1Cc1cccs1.O=CO. The van der Waals surface area contributed by atoms with Gasteiger partial charge in [0.05, 0.1) is 18.4 Å². The lowest BCUT2D eigenvalue weighted by Gasteiger charge is -2.19. The number of carbonyl (C=O) groups excluding carboxylic acids is 1. The second kappa shape index (κ2) is 7.84. The van der Waals surface area contributed by atoms with E-state index >= 15 is 0 Å². The van der Waals surface area contributed by atoms with Crippen LogP contribution in [-0.4, -0.2) is 32.3 Å². The third-order valence-electron chi connectivity index (χ3n) is 4.99. The van der Waals surface area contributed by atoms with E-state index in [0.717, 1.165) is 12.2 Å². The van der Waals surface area contributed by atoms with Crippen LogP contribution in [0.15, 0.2) is 35.0 Å². The minimum atomic E-state index is -0.403. The van der Waals surface area contributed by atoms with Crippen LogP contribution in [0.5, 0.6) is 0 Å². The topological polar surface area (TPSA) is 111 Å². The van der Waals surface area contributed by atoms with Crippen LogP contribution >= 0.6 is 22.7 Å². The molecule has 0 aromatic carbocycles. The summed E-state index contributed by atoms with van der Waals surface area (Å²) in [6.45, 7) is 4.96. The first-order valence-electron chi connectivity index (χ1n) is 8.71. The van der Waals surface area contributed by atoms with E-state index in [1.165, 1.54) is 9.75 Å². The van der Waals surface area contributed by atoms with Gasteiger partial charge in [-0.1, -0.05) is 26.0 Å². The van der Waals surface area contributed by atoms with Gasteiger partial charge in [-0.2, -0.15) is 5.10 Å². The first kappa shape index (κ1) is 20.2. The Bertz CT molecular complexity index is 948. The summed E-state index contributed by atoms with van der Waals surface area (Å²) in [6.07, 6.45) is 1.10. The van der Waals surface area contributed by atoms with Gasteiger partial charge >= 0.3 is 0 Å². The third-order valence-corrected chi connectivity index (χ3v) is 6.89. The normalized spacial score (nSPS) is 19.5. The van der Waals surface area contributed by atoms with E-state index in [-0.39, 0.29) is 23.7 Å². The van der Waals surface area contributed by atoms with Gasteiger partial charge in [-0.05, 0) is 34.7 Å². The van der Waals surface area contributed by atoms with Crippen molar-refractivity contribution in [2.45, 2.75) is 38.6 Å². The van der Waals surface area contributed by atoms with Gasteiger partial charge in [0.25, 0.3) is 6.47 Å². The van der Waals surface area contributed by atoms with E-state index in [4.69, 9.17) is 20.6 Å². The number of amides is 1. The van der Waals surface area contributed by atoms with E-state index < -0.39 is 5.91 Å². The average molecular weight is 419 g/mol. The van der Waals surface area contributed by atoms with Gasteiger partial charge < -0.3 is 10.8 Å². The number of carboxylic acid groups (broad SMARTS) is 1. The molecule has 3 aromatic heterocycles. The largest absolute Gasteiger partial charge is 0.483 e. The molecule has 0 aliphatic heterocycles. The molecule has 4 rings (SSSR count). The maximum Gasteiger partial charge on any atom is 0.290 e. The van der Waals surface area contributed by atoms with Gasteiger partial charge in [0, 0.05) is 9.75 Å². The molecule has 3 heterocycles. The number of thiophene rings is 2. The highest BCUT2D eigenvalue weighted by atomic mass is 32.1. The second-order valence-corrected chi connectivity index (χ2v) is 9.26. The van der Waals surface area contributed by atoms with Crippen molar-refractivity contribution in [3.8, 4) is 0 Å². The van der Waals surface area contributed by atoms with E-state index in [0.29, 0.717) is 12.4 Å². The molecule has 1 fully saturated rings. The highest BCUT2D eigenvalue weighted by molar-refractivity contribution is 7.10. The fourth-order valence-electron chi connectivity index (χ4n) is 3.65. The summed E-state index contributed by atoms with van der Waals surface area (Å²) in [5, 5.41) is 15.7. The molecular formula is C19H22N4O3S2. The number of carbonyl (C=O) groups is 2. The Labute approximate surface area is 170 Å². The fourth-order valence-corrected chi connectivity index (χ4v) is 5.44. The van der Waals surface area contributed by atoms with Crippen LogP contribution < -0.4 is 5.73 Å². The summed E-state index contributed by atoms with van der Waals surface area (Å²) in [7, 11) is 0. The molecule has 1 unspecified atom stereocenters. The predicted octanol–water partition coefficient (Wildman–Crippen LogP) is 2.89. The van der Waals surface area contributed by atoms with Crippen molar-refractivity contribution in [1.29, 1.82) is 0 Å². The Morgan fingerprint density at radius 1 is 1.32 bits per heavy atom. The van der Waals surface area contributed by atoms with Crippen LogP contribution in [0.4, 0.5) is 0 Å². The molecule has 28 heavy (non-hydrogen) atoms. The van der Waals surface area contributed by atoms with Gasteiger partial charge in [0.1, 0.15) is 5.82 Å². The van der Waals surface area contributed by atoms with Crippen LogP contribution in [0.2, 0.25) is 0 Å². The number of hydrogen-bond donors (Lipinski definition) is 2. The van der Waals surface area contributed by atoms with Gasteiger partial charge in [-0.3, -0.25) is 9.59 Å². The Morgan fingerprint density at radius 3 is 2.46 bits per heavy atom. The van der Waals surface area contributed by atoms with Gasteiger partial charge in [0.2, 0.25) is 5.91 Å². The van der Waals surface area contributed by atoms with Crippen LogP contribution in [0.1, 0.15) is 41.7 Å². The summed E-state index contributed by atoms with van der Waals surface area (Å²) < 4.78 is 1.97. The highest BCUT2D eigenvalue weighted by Gasteiger charge is 2.66. The Hall–Kier alpha value is -2.52. The molecule has 0 bridgehead atoms. The van der Waals surface area contributed by atoms with E-state index in [9.17, 15) is 4.79 Å². The number of hydrogen-bond acceptors (Lipinski definition) is 6. The van der Waals surface area contributed by atoms with E-state index in [2.05, 4.69) is 47.9 Å². The lowest BCUT2D eigenvalue weighted by Crippen LogP contribution is -2.22. The first-order valence-corrected chi connectivity index (χ1v) is 10.5. The molecule has 3 N–H and O–H groups in total. The molecule has 7 nitrogen and oxygen atoms in total. The summed E-state index contributed by atoms with van der Waals surface area (Å²) in [6, 6.07) is 8.40. The molecule has 0 spiro atoms. The Kier molecular flexibility index (Phi) is 5.66. The quantitative estimate of drug-likeness (QED) is 0.598. The van der Waals surface area contributed by atoms with E-state index in [1.54, 1.807) is 22.7 Å². The standard InChI is InChI=1S/C18H20N4OS2.CH2O2/c1-17(2)11-18(17,13-6-4-8-25-13)16-20-15(9-14(19)23)21-22(16)10-12-5-3-7-24-12;2-1-3/h3-8H,9-11H2,1-2H3,(H2,19,23);1H,(H,2,3). The van der Waals surface area contributed by atoms with Crippen molar-refractivity contribution < 1.29 is 14.7 Å². The molecule has 0 radical (unpaired) electrons. The fraction of sp³-hybridized carbons (Fsp3) is 0.368. The van der Waals surface area contributed by atoms with Gasteiger partial charge in [-0.15, -0.1) is 22.7 Å². The number of aromatic nitrogens is 3. The summed E-state index contributed by atoms with van der Waals surface area (Å²) in [5.41, 5.74) is 5.34. The molecule has 148 valence electrons. The van der Waals surface area contributed by atoms with Crippen molar-refractivity contribution in [1.82, 2.24) is 14.8 Å². The predicted molar refractivity (Wildman–Crippen MR) is 109 cm³/mol. The van der Waals surface area contributed by atoms with Crippen LogP contribution in [0.25, 0.3) is 0 Å². The smallest absolute Gasteiger partial charge is 0.290 e. The minimum Gasteiger partial charge on any atom is -0.483 e. The molecule has 1 aliphatic rings. The molecule has 1 saturated carbocycles. The lowest BCUT2D eigenvalue weighted by atomic mass is 9.93. The number of nitrogens with zero attached hydrogens (tertiary/aromatic N) is 3. The number of rotatable bonds is 6. The minimum absolute atomic E-state index is 0.0748. The first-order chi connectivity index (χ1) is 13.3. The van der Waals surface area contributed by atoms with Crippen molar-refractivity contribution in [3.63, 3.8) is 0 Å². The summed E-state index contributed by atoms with van der Waals surface area (Å²) in [4.78, 5) is 27.0. The van der Waals surface area contributed by atoms with Crippen molar-refractivity contribution >= 4 is 35.1 Å².